The number of benzene rings is 1. The first-order valence-corrected chi connectivity index (χ1v) is 10.3. The molecule has 28 heavy (non-hydrogen) atoms. The van der Waals surface area contributed by atoms with Gasteiger partial charge in [0.1, 0.15) is 5.82 Å². The zero-order valence-electron chi connectivity index (χ0n) is 16.7. The minimum absolute atomic E-state index is 0.0713. The van der Waals surface area contributed by atoms with Gasteiger partial charge in [0, 0.05) is 22.7 Å². The molecule has 0 aliphatic rings. The summed E-state index contributed by atoms with van der Waals surface area (Å²) >= 11 is 1.57. The molecule has 0 fully saturated rings. The first-order chi connectivity index (χ1) is 13.3. The Morgan fingerprint density at radius 2 is 1.93 bits per heavy atom. The number of aromatic nitrogens is 2. The van der Waals surface area contributed by atoms with Gasteiger partial charge in [-0.3, -0.25) is 9.48 Å². The maximum atomic E-state index is 13.3. The van der Waals surface area contributed by atoms with E-state index in [-0.39, 0.29) is 24.2 Å². The van der Waals surface area contributed by atoms with E-state index >= 15 is 0 Å². The number of aryl methyl sites for hydroxylation is 1. The summed E-state index contributed by atoms with van der Waals surface area (Å²) < 4.78 is 15.3. The normalized spacial score (nSPS) is 12.4. The summed E-state index contributed by atoms with van der Waals surface area (Å²) in [7, 11) is 0. The molecule has 6 heteroatoms. The molecule has 0 unspecified atom stereocenters. The van der Waals surface area contributed by atoms with Crippen molar-refractivity contribution >= 4 is 17.2 Å². The topological polar surface area (TPSA) is 46.9 Å². The lowest BCUT2D eigenvalue weighted by atomic mass is 10.0. The first kappa shape index (κ1) is 20.3. The molecule has 0 aliphatic carbocycles. The number of nitrogens with one attached hydrogen (secondary N) is 1. The van der Waals surface area contributed by atoms with Gasteiger partial charge in [0.2, 0.25) is 5.91 Å². The van der Waals surface area contributed by atoms with Gasteiger partial charge in [-0.25, -0.2) is 4.39 Å². The van der Waals surface area contributed by atoms with E-state index in [1.807, 2.05) is 36.0 Å². The van der Waals surface area contributed by atoms with Crippen molar-refractivity contribution in [3.05, 3.63) is 75.0 Å². The molecule has 1 amide bonds. The Kier molecular flexibility index (Phi) is 6.29. The maximum Gasteiger partial charge on any atom is 0.225 e. The van der Waals surface area contributed by atoms with E-state index in [2.05, 4.69) is 24.3 Å². The molecule has 1 N–H and O–H groups in total. The van der Waals surface area contributed by atoms with Crippen molar-refractivity contribution in [2.75, 3.05) is 0 Å². The third-order valence-electron chi connectivity index (χ3n) is 4.74. The lowest BCUT2D eigenvalue weighted by Gasteiger charge is -2.18. The molecule has 0 saturated carbocycles. The largest absolute Gasteiger partial charge is 0.344 e. The maximum absolute atomic E-state index is 13.3. The summed E-state index contributed by atoms with van der Waals surface area (Å²) in [5.41, 5.74) is 3.77. The minimum atomic E-state index is -0.292. The summed E-state index contributed by atoms with van der Waals surface area (Å²) in [6, 6.07) is 9.93. The summed E-state index contributed by atoms with van der Waals surface area (Å²) in [6.45, 7) is 9.10. The predicted octanol–water partition coefficient (Wildman–Crippen LogP) is 4.80. The van der Waals surface area contributed by atoms with Crippen molar-refractivity contribution in [1.29, 1.82) is 0 Å². The van der Waals surface area contributed by atoms with E-state index < -0.39 is 0 Å². The Bertz CT molecular complexity index is 930. The van der Waals surface area contributed by atoms with Gasteiger partial charge >= 0.3 is 0 Å². The lowest BCUT2D eigenvalue weighted by molar-refractivity contribution is -0.120. The van der Waals surface area contributed by atoms with Crippen LogP contribution in [0.4, 0.5) is 4.39 Å². The van der Waals surface area contributed by atoms with Crippen LogP contribution in [0.15, 0.2) is 41.8 Å². The van der Waals surface area contributed by atoms with Crippen LogP contribution in [0.1, 0.15) is 47.3 Å². The van der Waals surface area contributed by atoms with E-state index in [4.69, 9.17) is 0 Å². The quantitative estimate of drug-likeness (QED) is 0.620. The molecule has 1 aromatic carbocycles. The molecule has 4 nitrogen and oxygen atoms in total. The summed E-state index contributed by atoms with van der Waals surface area (Å²) in [5, 5.41) is 9.69. The van der Waals surface area contributed by atoms with Crippen LogP contribution in [0.25, 0.3) is 0 Å². The van der Waals surface area contributed by atoms with Crippen molar-refractivity contribution in [3.63, 3.8) is 0 Å². The van der Waals surface area contributed by atoms with E-state index in [1.165, 1.54) is 12.1 Å². The molecular formula is C22H26FN3OS. The van der Waals surface area contributed by atoms with E-state index in [1.54, 1.807) is 23.5 Å². The van der Waals surface area contributed by atoms with Crippen molar-refractivity contribution in [1.82, 2.24) is 15.1 Å². The highest BCUT2D eigenvalue weighted by Gasteiger charge is 2.21. The van der Waals surface area contributed by atoms with Crippen LogP contribution < -0.4 is 5.32 Å². The lowest BCUT2D eigenvalue weighted by Crippen LogP contribution is -2.30. The number of hydrogen-bond acceptors (Lipinski definition) is 3. The smallest absolute Gasteiger partial charge is 0.225 e. The number of hydrogen-bond donors (Lipinski definition) is 1. The molecule has 0 radical (unpaired) electrons. The van der Waals surface area contributed by atoms with Gasteiger partial charge in [0.15, 0.2) is 0 Å². The van der Waals surface area contributed by atoms with Gasteiger partial charge in [-0.05, 0) is 48.9 Å². The Morgan fingerprint density at radius 1 is 1.21 bits per heavy atom. The van der Waals surface area contributed by atoms with E-state index in [0.29, 0.717) is 5.92 Å². The number of rotatable bonds is 7. The number of carbonyl (C=O) groups excluding carboxylic acids is 1. The Labute approximate surface area is 169 Å². The van der Waals surface area contributed by atoms with Crippen molar-refractivity contribution in [3.8, 4) is 0 Å². The number of nitrogens with zero attached hydrogens (tertiary/aromatic N) is 2. The van der Waals surface area contributed by atoms with Crippen LogP contribution in [0.3, 0.4) is 0 Å². The highest BCUT2D eigenvalue weighted by atomic mass is 32.1. The monoisotopic (exact) mass is 399 g/mol. The molecule has 0 spiro atoms. The van der Waals surface area contributed by atoms with Gasteiger partial charge in [-0.2, -0.15) is 5.10 Å². The molecule has 0 aliphatic heterocycles. The molecule has 1 atom stereocenters. The van der Waals surface area contributed by atoms with Gasteiger partial charge in [0.25, 0.3) is 0 Å². The molecule has 148 valence electrons. The SMILES string of the molecule is Cc1nn(CC(C)C)c(C)c1CC(=O)N[C@H](c1ccc(F)cc1)c1cccs1. The third-order valence-corrected chi connectivity index (χ3v) is 5.68. The van der Waals surface area contributed by atoms with Crippen LogP contribution in [0.5, 0.6) is 0 Å². The standard InChI is InChI=1S/C22H26FN3OS/c1-14(2)13-26-16(4)19(15(3)25-26)12-21(27)24-22(20-6-5-11-28-20)17-7-9-18(23)10-8-17/h5-11,14,22H,12-13H2,1-4H3,(H,24,27)/t22-/m1/s1. The summed E-state index contributed by atoms with van der Waals surface area (Å²) in [6.07, 6.45) is 0.277. The second-order valence-corrected chi connectivity index (χ2v) is 8.45. The second-order valence-electron chi connectivity index (χ2n) is 7.47. The zero-order chi connectivity index (χ0) is 20.3. The first-order valence-electron chi connectivity index (χ1n) is 9.46. The Balaban J connectivity index is 1.80. The molecule has 0 bridgehead atoms. The molecule has 3 aromatic rings. The number of halogens is 1. The molecule has 2 heterocycles. The molecule has 2 aromatic heterocycles. The van der Waals surface area contributed by atoms with E-state index in [9.17, 15) is 9.18 Å². The van der Waals surface area contributed by atoms with E-state index in [0.717, 1.165) is 33.9 Å². The fourth-order valence-corrected chi connectivity index (χ4v) is 4.12. The fourth-order valence-electron chi connectivity index (χ4n) is 3.32. The van der Waals surface area contributed by atoms with Crippen LogP contribution in [0.2, 0.25) is 0 Å². The van der Waals surface area contributed by atoms with Crippen molar-refractivity contribution in [2.45, 2.75) is 46.7 Å². The fraction of sp³-hybridized carbons (Fsp3) is 0.364. The number of amides is 1. The number of carbonyl (C=O) groups is 1. The zero-order valence-corrected chi connectivity index (χ0v) is 17.5. The van der Waals surface area contributed by atoms with Crippen LogP contribution >= 0.6 is 11.3 Å². The number of thiophene rings is 1. The molecule has 0 saturated heterocycles. The van der Waals surface area contributed by atoms with Gasteiger partial charge in [0.05, 0.1) is 18.2 Å². The Hall–Kier alpha value is -2.47. The summed E-state index contributed by atoms with van der Waals surface area (Å²) in [5.74, 6) is 0.128. The predicted molar refractivity (Wildman–Crippen MR) is 111 cm³/mol. The molecule has 3 rings (SSSR count). The van der Waals surface area contributed by atoms with Gasteiger partial charge < -0.3 is 5.32 Å². The van der Waals surface area contributed by atoms with Crippen LogP contribution in [0, 0.1) is 25.6 Å². The molecular weight excluding hydrogens is 373 g/mol. The minimum Gasteiger partial charge on any atom is -0.344 e. The second kappa shape index (κ2) is 8.69. The Morgan fingerprint density at radius 3 is 2.54 bits per heavy atom. The van der Waals surface area contributed by atoms with Gasteiger partial charge in [-0.1, -0.05) is 32.0 Å². The highest BCUT2D eigenvalue weighted by molar-refractivity contribution is 7.10. The highest BCUT2D eigenvalue weighted by Crippen LogP contribution is 2.26. The summed E-state index contributed by atoms with van der Waals surface area (Å²) in [4.78, 5) is 13.9. The average molecular weight is 400 g/mol. The van der Waals surface area contributed by atoms with Crippen molar-refractivity contribution < 1.29 is 9.18 Å². The van der Waals surface area contributed by atoms with Crippen molar-refractivity contribution in [2.24, 2.45) is 5.92 Å². The van der Waals surface area contributed by atoms with Crippen LogP contribution in [-0.4, -0.2) is 15.7 Å². The average Bonchev–Trinajstić information content (AvgIpc) is 3.25. The van der Waals surface area contributed by atoms with Crippen LogP contribution in [-0.2, 0) is 17.8 Å². The third kappa shape index (κ3) is 4.68. The van der Waals surface area contributed by atoms with Gasteiger partial charge in [-0.15, -0.1) is 11.3 Å².